The number of carbonyl (C=O) groups excluding carboxylic acids is 3. The predicted molar refractivity (Wildman–Crippen MR) is 132 cm³/mol. The smallest absolute Gasteiger partial charge is 0.305 e. The third-order valence-electron chi connectivity index (χ3n) is 5.51. The third kappa shape index (κ3) is 6.70. The second-order valence-electron chi connectivity index (χ2n) is 8.92. The molecule has 180 valence electrons. The van der Waals surface area contributed by atoms with Crippen molar-refractivity contribution in [2.75, 3.05) is 19.0 Å². The Morgan fingerprint density at radius 3 is 2.65 bits per heavy atom. The first-order chi connectivity index (χ1) is 16.2. The van der Waals surface area contributed by atoms with Crippen molar-refractivity contribution in [3.8, 4) is 5.75 Å². The quantitative estimate of drug-likeness (QED) is 0.322. The molecule has 0 bridgehead atoms. The van der Waals surface area contributed by atoms with Crippen LogP contribution in [0, 0.1) is 0 Å². The van der Waals surface area contributed by atoms with Crippen molar-refractivity contribution >= 4 is 29.0 Å². The second-order valence-corrected chi connectivity index (χ2v) is 8.92. The van der Waals surface area contributed by atoms with Crippen molar-refractivity contribution < 1.29 is 23.9 Å². The van der Waals surface area contributed by atoms with Gasteiger partial charge in [-0.2, -0.15) is 0 Å². The number of amides is 1. The maximum absolute atomic E-state index is 13.1. The first-order valence-corrected chi connectivity index (χ1v) is 11.5. The van der Waals surface area contributed by atoms with Gasteiger partial charge in [-0.05, 0) is 63.4 Å². The van der Waals surface area contributed by atoms with Gasteiger partial charge in [-0.1, -0.05) is 18.2 Å². The lowest BCUT2D eigenvalue weighted by Crippen LogP contribution is -2.43. The zero-order valence-electron chi connectivity index (χ0n) is 20.2. The van der Waals surface area contributed by atoms with Gasteiger partial charge in [0.25, 0.3) is 0 Å². The van der Waals surface area contributed by atoms with Gasteiger partial charge >= 0.3 is 5.97 Å². The molecule has 0 unspecified atom stereocenters. The zero-order valence-corrected chi connectivity index (χ0v) is 20.2. The van der Waals surface area contributed by atoms with Crippen LogP contribution in [-0.4, -0.2) is 36.9 Å². The number of benzene rings is 2. The zero-order chi connectivity index (χ0) is 24.7. The Morgan fingerprint density at radius 2 is 1.91 bits per heavy atom. The summed E-state index contributed by atoms with van der Waals surface area (Å²) in [5.74, 6) is 0.0252. The highest BCUT2D eigenvalue weighted by Crippen LogP contribution is 2.32. The van der Waals surface area contributed by atoms with E-state index < -0.39 is 0 Å². The van der Waals surface area contributed by atoms with Crippen molar-refractivity contribution in [1.29, 1.82) is 0 Å². The van der Waals surface area contributed by atoms with Gasteiger partial charge in [0.05, 0.1) is 13.7 Å². The highest BCUT2D eigenvalue weighted by molar-refractivity contribution is 6.09. The molecule has 0 radical (unpaired) electrons. The molecule has 0 saturated heterocycles. The van der Waals surface area contributed by atoms with E-state index >= 15 is 0 Å². The molecule has 2 aromatic rings. The number of hydrogen-bond acceptors (Lipinski definition) is 6. The molecule has 0 aliphatic carbocycles. The van der Waals surface area contributed by atoms with Crippen molar-refractivity contribution in [3.05, 3.63) is 65.2 Å². The van der Waals surface area contributed by atoms with Crippen LogP contribution in [0.3, 0.4) is 0 Å². The predicted octanol–water partition coefficient (Wildman–Crippen LogP) is 4.52. The molecule has 2 aromatic carbocycles. The number of anilines is 1. The molecule has 7 heteroatoms. The van der Waals surface area contributed by atoms with Crippen LogP contribution in [-0.2, 0) is 20.7 Å². The third-order valence-corrected chi connectivity index (χ3v) is 5.51. The van der Waals surface area contributed by atoms with Crippen LogP contribution in [0.15, 0.2) is 48.5 Å². The number of hydrogen-bond donors (Lipinski definition) is 2. The van der Waals surface area contributed by atoms with Gasteiger partial charge in [0.1, 0.15) is 5.75 Å². The van der Waals surface area contributed by atoms with E-state index in [0.29, 0.717) is 24.3 Å². The fourth-order valence-corrected chi connectivity index (χ4v) is 3.97. The lowest BCUT2D eigenvalue weighted by atomic mass is 9.85. The van der Waals surface area contributed by atoms with E-state index in [1.165, 1.54) is 0 Å². The summed E-state index contributed by atoms with van der Waals surface area (Å²) in [7, 11) is 1.62. The maximum atomic E-state index is 13.1. The summed E-state index contributed by atoms with van der Waals surface area (Å²) in [4.78, 5) is 36.8. The molecule has 7 nitrogen and oxygen atoms in total. The number of esters is 1. The first-order valence-electron chi connectivity index (χ1n) is 11.5. The van der Waals surface area contributed by atoms with Crippen LogP contribution in [0.5, 0.6) is 5.75 Å². The number of nitrogens with one attached hydrogen (secondary N) is 2. The lowest BCUT2D eigenvalue weighted by molar-refractivity contribution is -0.143. The van der Waals surface area contributed by atoms with E-state index in [4.69, 9.17) is 9.47 Å². The molecule has 0 aromatic heterocycles. The van der Waals surface area contributed by atoms with Crippen LogP contribution in [0.1, 0.15) is 61.5 Å². The summed E-state index contributed by atoms with van der Waals surface area (Å²) < 4.78 is 10.2. The summed E-state index contributed by atoms with van der Waals surface area (Å²) in [6.45, 7) is 6.26. The second kappa shape index (κ2) is 11.0. The van der Waals surface area contributed by atoms with E-state index in [0.717, 1.165) is 29.0 Å². The molecular formula is C27H32N2O5. The highest BCUT2D eigenvalue weighted by Gasteiger charge is 2.28. The van der Waals surface area contributed by atoms with Crippen molar-refractivity contribution in [1.82, 2.24) is 5.32 Å². The topological polar surface area (TPSA) is 93.7 Å². The Hall–Kier alpha value is -3.61. The highest BCUT2D eigenvalue weighted by atomic mass is 16.5. The molecule has 1 amide bonds. The van der Waals surface area contributed by atoms with Gasteiger partial charge in [-0.3, -0.25) is 14.4 Å². The van der Waals surface area contributed by atoms with E-state index in [2.05, 4.69) is 24.5 Å². The lowest BCUT2D eigenvalue weighted by Gasteiger charge is -2.35. The van der Waals surface area contributed by atoms with Gasteiger partial charge in [0.2, 0.25) is 5.91 Å². The largest absolute Gasteiger partial charge is 0.497 e. The minimum atomic E-state index is -0.311. The monoisotopic (exact) mass is 464 g/mol. The number of fused-ring (bicyclic) bond motifs is 1. The standard InChI is InChI=1S/C27H32N2O5/c1-5-34-26(32)11-7-10-25(31)28-20-9-6-8-18(14-20)24(30)16-23-22-15-21(33-4)13-12-19(22)17-27(2,3)29-23/h6,8-9,12-16,29H,5,7,10-11,17H2,1-4H3,(H,28,31). The number of allylic oxidation sites excluding steroid dienone is 1. The molecule has 1 aliphatic heterocycles. The van der Waals surface area contributed by atoms with Crippen molar-refractivity contribution in [2.24, 2.45) is 0 Å². The number of ether oxygens (including phenoxy) is 2. The van der Waals surface area contributed by atoms with Crippen LogP contribution in [0.25, 0.3) is 5.70 Å². The first kappa shape index (κ1) is 25.0. The number of methoxy groups -OCH3 is 1. The molecular weight excluding hydrogens is 432 g/mol. The average molecular weight is 465 g/mol. The summed E-state index contributed by atoms with van der Waals surface area (Å²) >= 11 is 0. The number of carbonyl (C=O) groups is 3. The van der Waals surface area contributed by atoms with E-state index in [9.17, 15) is 14.4 Å². The molecule has 1 aliphatic rings. The molecule has 0 spiro atoms. The Balaban J connectivity index is 1.73. The minimum absolute atomic E-state index is 0.174. The van der Waals surface area contributed by atoms with Gasteiger partial charge in [0, 0.05) is 47.0 Å². The van der Waals surface area contributed by atoms with Crippen LogP contribution < -0.4 is 15.4 Å². The number of rotatable bonds is 9. The average Bonchev–Trinajstić information content (AvgIpc) is 2.78. The molecule has 0 fully saturated rings. The molecule has 0 atom stereocenters. The van der Waals surface area contributed by atoms with E-state index in [1.54, 1.807) is 44.4 Å². The van der Waals surface area contributed by atoms with E-state index in [1.807, 2.05) is 18.2 Å². The molecule has 3 rings (SSSR count). The number of ketones is 1. The normalized spacial score (nSPS) is 15.1. The Bertz CT molecular complexity index is 1100. The van der Waals surface area contributed by atoms with Crippen molar-refractivity contribution in [3.63, 3.8) is 0 Å². The van der Waals surface area contributed by atoms with Crippen molar-refractivity contribution in [2.45, 2.75) is 52.0 Å². The summed E-state index contributed by atoms with van der Waals surface area (Å²) in [6, 6.07) is 12.7. The summed E-state index contributed by atoms with van der Waals surface area (Å²) in [5.41, 5.74) is 3.62. The van der Waals surface area contributed by atoms with Crippen LogP contribution >= 0.6 is 0 Å². The fraction of sp³-hybridized carbons (Fsp3) is 0.370. The molecule has 0 saturated carbocycles. The van der Waals surface area contributed by atoms with E-state index in [-0.39, 0.29) is 36.0 Å². The van der Waals surface area contributed by atoms with Gasteiger partial charge in [-0.25, -0.2) is 0 Å². The maximum Gasteiger partial charge on any atom is 0.305 e. The molecule has 34 heavy (non-hydrogen) atoms. The summed E-state index contributed by atoms with van der Waals surface area (Å²) in [5, 5.41) is 6.26. The van der Waals surface area contributed by atoms with Crippen LogP contribution in [0.4, 0.5) is 5.69 Å². The Labute approximate surface area is 200 Å². The van der Waals surface area contributed by atoms with Gasteiger partial charge in [0.15, 0.2) is 5.78 Å². The molecule has 1 heterocycles. The Kier molecular flexibility index (Phi) is 8.10. The molecule has 2 N–H and O–H groups in total. The Morgan fingerprint density at radius 1 is 1.12 bits per heavy atom. The van der Waals surface area contributed by atoms with Gasteiger partial charge in [-0.15, -0.1) is 0 Å². The fourth-order valence-electron chi connectivity index (χ4n) is 3.97. The van der Waals surface area contributed by atoms with Gasteiger partial charge < -0.3 is 20.1 Å². The SMILES string of the molecule is CCOC(=O)CCCC(=O)Nc1cccc(C(=O)C=C2NC(C)(C)Cc3ccc(OC)cc32)c1. The minimum Gasteiger partial charge on any atom is -0.497 e. The summed E-state index contributed by atoms with van der Waals surface area (Å²) in [6.07, 6.45) is 3.22. The van der Waals surface area contributed by atoms with Crippen LogP contribution in [0.2, 0.25) is 0 Å².